The third-order valence-corrected chi connectivity index (χ3v) is 9.23. The van der Waals surface area contributed by atoms with E-state index in [4.69, 9.17) is 14.8 Å². The van der Waals surface area contributed by atoms with Crippen molar-refractivity contribution < 1.29 is 28.4 Å². The molecule has 0 saturated carbocycles. The lowest BCUT2D eigenvalue weighted by Gasteiger charge is -2.25. The Hall–Kier alpha value is -1.28. The summed E-state index contributed by atoms with van der Waals surface area (Å²) in [6.45, 7) is 4.13. The Morgan fingerprint density at radius 3 is 1.74 bits per heavy atom. The number of unbranched alkanes of at least 4 members (excludes halogenated alkanes) is 17. The zero-order valence-electron chi connectivity index (χ0n) is 30.3. The number of amides is 1. The van der Waals surface area contributed by atoms with Gasteiger partial charge in [0.1, 0.15) is 0 Å². The van der Waals surface area contributed by atoms with Crippen molar-refractivity contribution in [2.45, 2.75) is 180 Å². The van der Waals surface area contributed by atoms with E-state index < -0.39 is 20.0 Å². The van der Waals surface area contributed by atoms with Gasteiger partial charge < -0.3 is 21.1 Å². The van der Waals surface area contributed by atoms with Gasteiger partial charge in [-0.3, -0.25) is 13.8 Å². The number of aliphatic hydroxyl groups excluding tert-OH is 1. The van der Waals surface area contributed by atoms with Gasteiger partial charge in [0.05, 0.1) is 25.4 Å². The minimum Gasteiger partial charge on any atom is -0.391 e. The zero-order chi connectivity index (χ0) is 34.7. The number of nitrogens with two attached hydrogens (primary N) is 1. The predicted molar refractivity (Wildman–Crippen MR) is 198 cm³/mol. The Labute approximate surface area is 289 Å². The molecule has 0 rings (SSSR count). The maximum atomic E-state index is 12.7. The average Bonchev–Trinajstić information content (AvgIpc) is 3.05. The fourth-order valence-corrected chi connectivity index (χ4v) is 6.08. The number of rotatable bonds is 35. The zero-order valence-corrected chi connectivity index (χ0v) is 31.2. The Morgan fingerprint density at radius 1 is 0.702 bits per heavy atom. The monoisotopic (exact) mass is 685 g/mol. The minimum absolute atomic E-state index is 0.0852. The molecule has 3 unspecified atom stereocenters. The lowest BCUT2D eigenvalue weighted by Crippen LogP contribution is -2.46. The SMILES string of the molecule is CCCCC/C=C\C/C=C\C/C=C\CCCCCCCCC(=O)NC(COP(=O)(O)OCCN)C(O)CCCCCCCCCCC. The third kappa shape index (κ3) is 33.0. The van der Waals surface area contributed by atoms with Crippen LogP contribution in [0.5, 0.6) is 0 Å². The smallest absolute Gasteiger partial charge is 0.391 e. The molecule has 0 aromatic heterocycles. The van der Waals surface area contributed by atoms with Crippen LogP contribution in [0.2, 0.25) is 0 Å². The van der Waals surface area contributed by atoms with E-state index in [1.54, 1.807) is 0 Å². The first-order chi connectivity index (χ1) is 22.9. The summed E-state index contributed by atoms with van der Waals surface area (Å²) in [6, 6.07) is -0.779. The lowest BCUT2D eigenvalue weighted by atomic mass is 10.0. The highest BCUT2D eigenvalue weighted by atomic mass is 31.2. The van der Waals surface area contributed by atoms with Crippen LogP contribution in [0.1, 0.15) is 168 Å². The molecular formula is C38H73N2O6P. The van der Waals surface area contributed by atoms with Crippen LogP contribution in [0.25, 0.3) is 0 Å². The molecule has 276 valence electrons. The molecule has 47 heavy (non-hydrogen) atoms. The number of hydrogen-bond acceptors (Lipinski definition) is 6. The molecule has 0 saturated heterocycles. The highest BCUT2D eigenvalue weighted by molar-refractivity contribution is 7.47. The quantitative estimate of drug-likeness (QED) is 0.0297. The van der Waals surface area contributed by atoms with Gasteiger partial charge in [0, 0.05) is 13.0 Å². The van der Waals surface area contributed by atoms with Crippen LogP contribution >= 0.6 is 7.82 Å². The number of aliphatic hydroxyl groups is 1. The van der Waals surface area contributed by atoms with Crippen molar-refractivity contribution in [2.75, 3.05) is 19.8 Å². The van der Waals surface area contributed by atoms with Crippen LogP contribution in [0.4, 0.5) is 0 Å². The number of phosphoric acid groups is 1. The van der Waals surface area contributed by atoms with Gasteiger partial charge in [0.2, 0.25) is 5.91 Å². The van der Waals surface area contributed by atoms with Gasteiger partial charge in [-0.2, -0.15) is 0 Å². The largest absolute Gasteiger partial charge is 0.472 e. The number of nitrogens with one attached hydrogen (secondary N) is 1. The van der Waals surface area contributed by atoms with Crippen LogP contribution in [0.15, 0.2) is 36.5 Å². The van der Waals surface area contributed by atoms with Crippen LogP contribution in [-0.2, 0) is 18.4 Å². The molecule has 0 heterocycles. The molecule has 3 atom stereocenters. The summed E-state index contributed by atoms with van der Waals surface area (Å²) < 4.78 is 22.0. The van der Waals surface area contributed by atoms with E-state index in [-0.39, 0.29) is 25.7 Å². The maximum absolute atomic E-state index is 12.7. The van der Waals surface area contributed by atoms with Crippen LogP contribution in [-0.4, -0.2) is 47.8 Å². The minimum atomic E-state index is -4.31. The van der Waals surface area contributed by atoms with Crippen molar-refractivity contribution >= 4 is 13.7 Å². The van der Waals surface area contributed by atoms with Crippen molar-refractivity contribution in [3.8, 4) is 0 Å². The van der Waals surface area contributed by atoms with E-state index in [2.05, 4.69) is 55.6 Å². The fourth-order valence-electron chi connectivity index (χ4n) is 5.32. The topological polar surface area (TPSA) is 131 Å². The third-order valence-electron chi connectivity index (χ3n) is 8.25. The number of hydrogen-bond donors (Lipinski definition) is 4. The molecule has 5 N–H and O–H groups in total. The summed E-state index contributed by atoms with van der Waals surface area (Å²) in [5.74, 6) is -0.178. The molecule has 0 aromatic carbocycles. The summed E-state index contributed by atoms with van der Waals surface area (Å²) in [4.78, 5) is 22.6. The molecule has 1 amide bonds. The van der Waals surface area contributed by atoms with Gasteiger partial charge in [-0.1, -0.05) is 147 Å². The molecule has 0 bridgehead atoms. The molecule has 0 radical (unpaired) electrons. The second-order valence-electron chi connectivity index (χ2n) is 12.8. The van der Waals surface area contributed by atoms with Crippen molar-refractivity contribution in [1.82, 2.24) is 5.32 Å². The Bertz CT molecular complexity index is 835. The van der Waals surface area contributed by atoms with Crippen molar-refractivity contribution in [2.24, 2.45) is 5.73 Å². The lowest BCUT2D eigenvalue weighted by molar-refractivity contribution is -0.123. The first kappa shape index (κ1) is 45.7. The average molecular weight is 685 g/mol. The normalized spacial score (nSPS) is 14.7. The van der Waals surface area contributed by atoms with Gasteiger partial charge in [-0.25, -0.2) is 4.57 Å². The standard InChI is InChI=1S/C38H73N2O6P/c1-3-5-7-9-11-13-14-15-16-17-18-19-20-21-22-24-26-28-30-32-38(42)40-36(35-46-47(43,44)45-34-33-39)37(41)31-29-27-25-23-12-10-8-6-4-2/h11,13,15-16,18-19,36-37,41H,3-10,12,14,17,20-35,39H2,1-2H3,(H,40,42)(H,43,44)/b13-11-,16-15-,19-18-. The Kier molecular flexibility index (Phi) is 33.6. The van der Waals surface area contributed by atoms with E-state index in [0.717, 1.165) is 64.2 Å². The highest BCUT2D eigenvalue weighted by Gasteiger charge is 2.27. The first-order valence-corrected chi connectivity index (χ1v) is 20.6. The van der Waals surface area contributed by atoms with E-state index in [0.29, 0.717) is 12.8 Å². The van der Waals surface area contributed by atoms with Crippen LogP contribution in [0.3, 0.4) is 0 Å². The summed E-state index contributed by atoms with van der Waals surface area (Å²) in [6.07, 6.45) is 38.6. The molecular weight excluding hydrogens is 611 g/mol. The van der Waals surface area contributed by atoms with Gasteiger partial charge in [-0.05, 0) is 51.4 Å². The van der Waals surface area contributed by atoms with Crippen LogP contribution in [0, 0.1) is 0 Å². The molecule has 0 spiro atoms. The number of phosphoric ester groups is 1. The summed E-state index contributed by atoms with van der Waals surface area (Å²) in [7, 11) is -4.31. The van der Waals surface area contributed by atoms with E-state index in [9.17, 15) is 19.4 Å². The fraction of sp³-hybridized carbons (Fsp3) is 0.816. The van der Waals surface area contributed by atoms with Gasteiger partial charge in [0.15, 0.2) is 0 Å². The Morgan fingerprint density at radius 2 is 1.17 bits per heavy atom. The summed E-state index contributed by atoms with van der Waals surface area (Å²) in [5.41, 5.74) is 5.35. The summed E-state index contributed by atoms with van der Waals surface area (Å²) in [5, 5.41) is 13.7. The molecule has 0 aromatic rings. The Balaban J connectivity index is 4.20. The first-order valence-electron chi connectivity index (χ1n) is 19.1. The van der Waals surface area contributed by atoms with Gasteiger partial charge >= 0.3 is 7.82 Å². The second-order valence-corrected chi connectivity index (χ2v) is 14.2. The molecule has 0 aliphatic heterocycles. The molecule has 0 fully saturated rings. The highest BCUT2D eigenvalue weighted by Crippen LogP contribution is 2.43. The van der Waals surface area contributed by atoms with E-state index >= 15 is 0 Å². The molecule has 8 nitrogen and oxygen atoms in total. The number of carbonyl (C=O) groups excluding carboxylic acids is 1. The van der Waals surface area contributed by atoms with Crippen molar-refractivity contribution in [1.29, 1.82) is 0 Å². The van der Waals surface area contributed by atoms with Gasteiger partial charge in [-0.15, -0.1) is 0 Å². The molecule has 0 aliphatic rings. The van der Waals surface area contributed by atoms with Gasteiger partial charge in [0.25, 0.3) is 0 Å². The second kappa shape index (κ2) is 34.6. The maximum Gasteiger partial charge on any atom is 0.472 e. The summed E-state index contributed by atoms with van der Waals surface area (Å²) >= 11 is 0. The molecule has 0 aliphatic carbocycles. The molecule has 9 heteroatoms. The predicted octanol–water partition coefficient (Wildman–Crippen LogP) is 10.00. The van der Waals surface area contributed by atoms with E-state index in [1.165, 1.54) is 77.0 Å². The van der Waals surface area contributed by atoms with Crippen molar-refractivity contribution in [3.63, 3.8) is 0 Å². The van der Waals surface area contributed by atoms with Crippen molar-refractivity contribution in [3.05, 3.63) is 36.5 Å². The number of allylic oxidation sites excluding steroid dienone is 6. The number of carbonyl (C=O) groups is 1. The van der Waals surface area contributed by atoms with Crippen LogP contribution < -0.4 is 11.1 Å². The van der Waals surface area contributed by atoms with E-state index in [1.807, 2.05) is 0 Å².